The minimum Gasteiger partial charge on any atom is -0.383 e. The van der Waals surface area contributed by atoms with Crippen LogP contribution >= 0.6 is 0 Å². The van der Waals surface area contributed by atoms with Gasteiger partial charge in [0, 0.05) is 30.4 Å². The van der Waals surface area contributed by atoms with Gasteiger partial charge in [-0.3, -0.25) is 4.79 Å². The zero-order valence-electron chi connectivity index (χ0n) is 11.3. The highest BCUT2D eigenvalue weighted by Crippen LogP contribution is 2.12. The van der Waals surface area contributed by atoms with Crippen molar-refractivity contribution < 1.29 is 4.79 Å². The molecule has 0 saturated heterocycles. The van der Waals surface area contributed by atoms with E-state index in [2.05, 4.69) is 5.32 Å². The van der Waals surface area contributed by atoms with E-state index in [4.69, 9.17) is 5.73 Å². The molecule has 0 aliphatic heterocycles. The lowest BCUT2D eigenvalue weighted by molar-refractivity contribution is 0.104. The third kappa shape index (κ3) is 3.80. The van der Waals surface area contributed by atoms with Gasteiger partial charge in [-0.1, -0.05) is 60.7 Å². The molecule has 0 aliphatic rings. The normalized spacial score (nSPS) is 11.2. The summed E-state index contributed by atoms with van der Waals surface area (Å²) in [4.78, 5) is 12.2. The van der Waals surface area contributed by atoms with Crippen molar-refractivity contribution in [2.75, 3.05) is 13.1 Å². The van der Waals surface area contributed by atoms with Crippen molar-refractivity contribution in [3.63, 3.8) is 0 Å². The maximum absolute atomic E-state index is 12.2. The van der Waals surface area contributed by atoms with Crippen LogP contribution in [0.15, 0.2) is 66.7 Å². The number of rotatable bonds is 6. The Labute approximate surface area is 119 Å². The van der Waals surface area contributed by atoms with Crippen LogP contribution in [-0.2, 0) is 0 Å². The van der Waals surface area contributed by atoms with Crippen LogP contribution in [-0.4, -0.2) is 18.9 Å². The summed E-state index contributed by atoms with van der Waals surface area (Å²) in [5.74, 6) is -0.0195. The van der Waals surface area contributed by atoms with Crippen LogP contribution in [0.5, 0.6) is 0 Å². The average Bonchev–Trinajstić information content (AvgIpc) is 2.53. The number of ketones is 1. The van der Waals surface area contributed by atoms with Crippen LogP contribution in [0, 0.1) is 0 Å². The smallest absolute Gasteiger partial charge is 0.187 e. The summed E-state index contributed by atoms with van der Waals surface area (Å²) >= 11 is 0. The fourth-order valence-corrected chi connectivity index (χ4v) is 1.88. The first-order valence-corrected chi connectivity index (χ1v) is 6.61. The predicted molar refractivity (Wildman–Crippen MR) is 82.2 cm³/mol. The van der Waals surface area contributed by atoms with Gasteiger partial charge >= 0.3 is 0 Å². The molecule has 0 saturated carbocycles. The van der Waals surface area contributed by atoms with Gasteiger partial charge in [-0.15, -0.1) is 0 Å². The second-order valence-electron chi connectivity index (χ2n) is 4.37. The number of benzene rings is 2. The molecule has 0 heterocycles. The number of allylic oxidation sites excluding steroid dienone is 1. The highest BCUT2D eigenvalue weighted by atomic mass is 16.1. The van der Waals surface area contributed by atoms with Crippen molar-refractivity contribution in [1.82, 2.24) is 5.32 Å². The molecular formula is C17H18N2O. The maximum Gasteiger partial charge on any atom is 0.187 e. The SMILES string of the molecule is NCCN/C(=C\C(=O)c1ccccc1)c1ccccc1. The monoisotopic (exact) mass is 266 g/mol. The Morgan fingerprint density at radius 3 is 2.05 bits per heavy atom. The van der Waals surface area contributed by atoms with Crippen LogP contribution < -0.4 is 11.1 Å². The molecule has 102 valence electrons. The van der Waals surface area contributed by atoms with Crippen molar-refractivity contribution >= 4 is 11.5 Å². The lowest BCUT2D eigenvalue weighted by Gasteiger charge is -2.10. The van der Waals surface area contributed by atoms with Crippen molar-refractivity contribution in [3.05, 3.63) is 77.9 Å². The summed E-state index contributed by atoms with van der Waals surface area (Å²) in [7, 11) is 0. The Hall–Kier alpha value is -2.39. The van der Waals surface area contributed by atoms with Gasteiger partial charge < -0.3 is 11.1 Å². The quantitative estimate of drug-likeness (QED) is 0.624. The van der Waals surface area contributed by atoms with E-state index >= 15 is 0 Å². The molecule has 0 radical (unpaired) electrons. The molecule has 0 bridgehead atoms. The zero-order valence-corrected chi connectivity index (χ0v) is 11.3. The molecule has 3 nitrogen and oxygen atoms in total. The Kier molecular flexibility index (Phi) is 5.09. The first kappa shape index (κ1) is 14.0. The average molecular weight is 266 g/mol. The molecule has 0 aromatic heterocycles. The highest BCUT2D eigenvalue weighted by Gasteiger charge is 2.06. The van der Waals surface area contributed by atoms with Crippen LogP contribution in [0.2, 0.25) is 0 Å². The Morgan fingerprint density at radius 1 is 0.950 bits per heavy atom. The van der Waals surface area contributed by atoms with E-state index in [-0.39, 0.29) is 5.78 Å². The molecule has 0 amide bonds. The molecular weight excluding hydrogens is 248 g/mol. The van der Waals surface area contributed by atoms with Crippen LogP contribution in [0.1, 0.15) is 15.9 Å². The number of hydrogen-bond acceptors (Lipinski definition) is 3. The fraction of sp³-hybridized carbons (Fsp3) is 0.118. The van der Waals surface area contributed by atoms with E-state index in [0.29, 0.717) is 18.7 Å². The highest BCUT2D eigenvalue weighted by molar-refractivity contribution is 6.08. The molecule has 20 heavy (non-hydrogen) atoms. The van der Waals surface area contributed by atoms with E-state index in [1.165, 1.54) is 0 Å². The van der Waals surface area contributed by atoms with E-state index in [0.717, 1.165) is 11.3 Å². The molecule has 2 rings (SSSR count). The Bertz CT molecular complexity index is 576. The minimum atomic E-state index is -0.0195. The van der Waals surface area contributed by atoms with E-state index < -0.39 is 0 Å². The molecule has 0 spiro atoms. The van der Waals surface area contributed by atoms with Crippen LogP contribution in [0.3, 0.4) is 0 Å². The van der Waals surface area contributed by atoms with E-state index in [9.17, 15) is 4.79 Å². The van der Waals surface area contributed by atoms with Crippen molar-refractivity contribution in [2.24, 2.45) is 5.73 Å². The van der Waals surface area contributed by atoms with Gasteiger partial charge in [-0.25, -0.2) is 0 Å². The van der Waals surface area contributed by atoms with Gasteiger partial charge in [0.2, 0.25) is 0 Å². The van der Waals surface area contributed by atoms with Crippen molar-refractivity contribution in [1.29, 1.82) is 0 Å². The second kappa shape index (κ2) is 7.26. The summed E-state index contributed by atoms with van der Waals surface area (Å²) in [6.45, 7) is 1.15. The van der Waals surface area contributed by atoms with E-state index in [1.54, 1.807) is 6.08 Å². The number of nitrogens with two attached hydrogens (primary N) is 1. The summed E-state index contributed by atoms with van der Waals surface area (Å²) in [6.07, 6.45) is 1.63. The topological polar surface area (TPSA) is 55.1 Å². The first-order chi connectivity index (χ1) is 9.81. The number of nitrogens with one attached hydrogen (secondary N) is 1. The summed E-state index contributed by atoms with van der Waals surface area (Å²) < 4.78 is 0. The van der Waals surface area contributed by atoms with Gasteiger partial charge in [-0.05, 0) is 5.56 Å². The predicted octanol–water partition coefficient (Wildman–Crippen LogP) is 2.46. The fourth-order valence-electron chi connectivity index (χ4n) is 1.88. The molecule has 2 aromatic rings. The third-order valence-corrected chi connectivity index (χ3v) is 2.88. The molecule has 0 aliphatic carbocycles. The third-order valence-electron chi connectivity index (χ3n) is 2.88. The number of carbonyl (C=O) groups is 1. The zero-order chi connectivity index (χ0) is 14.2. The first-order valence-electron chi connectivity index (χ1n) is 6.61. The summed E-state index contributed by atoms with van der Waals surface area (Å²) in [6, 6.07) is 19.0. The minimum absolute atomic E-state index is 0.0195. The Balaban J connectivity index is 2.27. The summed E-state index contributed by atoms with van der Waals surface area (Å²) in [5.41, 5.74) is 7.97. The van der Waals surface area contributed by atoms with Crippen molar-refractivity contribution in [2.45, 2.75) is 0 Å². The van der Waals surface area contributed by atoms with Gasteiger partial charge in [-0.2, -0.15) is 0 Å². The van der Waals surface area contributed by atoms with Gasteiger partial charge in [0.25, 0.3) is 0 Å². The van der Waals surface area contributed by atoms with Crippen molar-refractivity contribution in [3.8, 4) is 0 Å². The van der Waals surface area contributed by atoms with Gasteiger partial charge in [0.05, 0.1) is 0 Å². The standard InChI is InChI=1S/C17H18N2O/c18-11-12-19-16(14-7-3-1-4-8-14)13-17(20)15-9-5-2-6-10-15/h1-10,13,19H,11-12,18H2/b16-13-. The number of hydrogen-bond donors (Lipinski definition) is 2. The number of carbonyl (C=O) groups excluding carboxylic acids is 1. The second-order valence-corrected chi connectivity index (χ2v) is 4.37. The lowest BCUT2D eigenvalue weighted by Crippen LogP contribution is -2.21. The Morgan fingerprint density at radius 2 is 1.50 bits per heavy atom. The van der Waals surface area contributed by atoms with Crippen LogP contribution in [0.25, 0.3) is 5.70 Å². The largest absolute Gasteiger partial charge is 0.383 e. The van der Waals surface area contributed by atoms with Crippen LogP contribution in [0.4, 0.5) is 0 Å². The molecule has 3 heteroatoms. The van der Waals surface area contributed by atoms with E-state index in [1.807, 2.05) is 60.7 Å². The molecule has 3 N–H and O–H groups in total. The molecule has 0 atom stereocenters. The lowest BCUT2D eigenvalue weighted by atomic mass is 10.1. The maximum atomic E-state index is 12.2. The molecule has 0 unspecified atom stereocenters. The van der Waals surface area contributed by atoms with Gasteiger partial charge in [0.1, 0.15) is 0 Å². The summed E-state index contributed by atoms with van der Waals surface area (Å²) in [5, 5.41) is 3.20. The molecule has 0 fully saturated rings. The molecule has 2 aromatic carbocycles. The van der Waals surface area contributed by atoms with Gasteiger partial charge in [0.15, 0.2) is 5.78 Å².